The first-order valence-corrected chi connectivity index (χ1v) is 8.88. The van der Waals surface area contributed by atoms with Gasteiger partial charge in [0.1, 0.15) is 0 Å². The van der Waals surface area contributed by atoms with Crippen LogP contribution in [0.3, 0.4) is 0 Å². The van der Waals surface area contributed by atoms with Crippen molar-refractivity contribution in [1.82, 2.24) is 15.1 Å². The van der Waals surface area contributed by atoms with Gasteiger partial charge in [0.25, 0.3) is 0 Å². The molecule has 1 aromatic rings. The lowest BCUT2D eigenvalue weighted by Gasteiger charge is -2.37. The lowest BCUT2D eigenvalue weighted by atomic mass is 10.2. The third-order valence-electron chi connectivity index (χ3n) is 4.69. The van der Waals surface area contributed by atoms with E-state index >= 15 is 0 Å². The number of para-hydroxylation sites is 1. The molecule has 0 unspecified atom stereocenters. The quantitative estimate of drug-likeness (QED) is 0.901. The van der Waals surface area contributed by atoms with Crippen LogP contribution in [0.2, 0.25) is 0 Å². The fourth-order valence-electron chi connectivity index (χ4n) is 3.33. The Kier molecular flexibility index (Phi) is 5.93. The van der Waals surface area contributed by atoms with Crippen LogP contribution in [-0.2, 0) is 4.74 Å². The van der Waals surface area contributed by atoms with Gasteiger partial charge in [-0.1, -0.05) is 18.2 Å². The van der Waals surface area contributed by atoms with Crippen LogP contribution >= 0.6 is 0 Å². The second kappa shape index (κ2) is 8.35. The maximum Gasteiger partial charge on any atom is 0.317 e. The molecular weight excluding hydrogens is 304 g/mol. The Morgan fingerprint density at radius 3 is 2.42 bits per heavy atom. The number of nitrogens with one attached hydrogen (secondary N) is 1. The molecule has 2 amide bonds. The fraction of sp³-hybridized carbons (Fsp3) is 0.611. The lowest BCUT2D eigenvalue weighted by Crippen LogP contribution is -2.53. The molecule has 3 rings (SSSR count). The van der Waals surface area contributed by atoms with Gasteiger partial charge in [-0.25, -0.2) is 4.79 Å². The summed E-state index contributed by atoms with van der Waals surface area (Å²) in [5.74, 6) is 0. The van der Waals surface area contributed by atoms with Gasteiger partial charge in [-0.3, -0.25) is 4.90 Å². The Morgan fingerprint density at radius 2 is 1.75 bits per heavy atom. The molecule has 0 bridgehead atoms. The first kappa shape index (κ1) is 17.0. The highest BCUT2D eigenvalue weighted by atomic mass is 16.5. The summed E-state index contributed by atoms with van der Waals surface area (Å²) in [6.45, 7) is 9.79. The molecular formula is C18H28N4O2. The summed E-state index contributed by atoms with van der Waals surface area (Å²) in [4.78, 5) is 18.9. The molecule has 1 atom stereocenters. The van der Waals surface area contributed by atoms with Crippen molar-refractivity contribution in [2.75, 3.05) is 63.9 Å². The van der Waals surface area contributed by atoms with E-state index in [1.54, 1.807) is 0 Å². The molecule has 2 aliphatic rings. The zero-order valence-corrected chi connectivity index (χ0v) is 14.5. The molecule has 1 N–H and O–H groups in total. The van der Waals surface area contributed by atoms with Gasteiger partial charge in [-0.2, -0.15) is 0 Å². The molecule has 1 aromatic carbocycles. The molecule has 2 heterocycles. The molecule has 2 saturated heterocycles. The number of anilines is 1. The Hall–Kier alpha value is -1.79. The van der Waals surface area contributed by atoms with E-state index in [1.807, 2.05) is 4.90 Å². The topological polar surface area (TPSA) is 48.0 Å². The minimum absolute atomic E-state index is 0.0359. The van der Waals surface area contributed by atoms with Crippen molar-refractivity contribution in [3.05, 3.63) is 30.3 Å². The Balaban J connectivity index is 1.40. The van der Waals surface area contributed by atoms with Crippen LogP contribution in [0.4, 0.5) is 10.5 Å². The summed E-state index contributed by atoms with van der Waals surface area (Å²) in [7, 11) is 0. The Bertz CT molecular complexity index is 511. The van der Waals surface area contributed by atoms with E-state index in [4.69, 9.17) is 4.74 Å². The zero-order valence-electron chi connectivity index (χ0n) is 14.5. The number of nitrogens with zero attached hydrogens (tertiary/aromatic N) is 3. The highest BCUT2D eigenvalue weighted by molar-refractivity contribution is 5.74. The Labute approximate surface area is 144 Å². The molecule has 0 spiro atoms. The van der Waals surface area contributed by atoms with E-state index in [-0.39, 0.29) is 12.1 Å². The van der Waals surface area contributed by atoms with E-state index in [2.05, 4.69) is 52.4 Å². The molecule has 2 aliphatic heterocycles. The second-order valence-corrected chi connectivity index (χ2v) is 6.57. The standard InChI is InChI=1S/C18H28N4O2/c1-16(19-18(23)22-11-13-24-14-12-22)15-20-7-9-21(10-8-20)17-5-3-2-4-6-17/h2-6,16H,7-15H2,1H3,(H,19,23)/t16-/m0/s1. The number of piperazine rings is 1. The number of hydrogen-bond acceptors (Lipinski definition) is 4. The van der Waals surface area contributed by atoms with Gasteiger partial charge < -0.3 is 19.9 Å². The van der Waals surface area contributed by atoms with E-state index in [0.717, 1.165) is 32.7 Å². The van der Waals surface area contributed by atoms with Crippen molar-refractivity contribution in [1.29, 1.82) is 0 Å². The minimum Gasteiger partial charge on any atom is -0.378 e. The normalized spacial score (nSPS) is 20.7. The van der Waals surface area contributed by atoms with Crippen LogP contribution in [-0.4, -0.2) is 80.9 Å². The fourth-order valence-corrected chi connectivity index (χ4v) is 3.33. The molecule has 6 nitrogen and oxygen atoms in total. The first-order valence-electron chi connectivity index (χ1n) is 8.88. The summed E-state index contributed by atoms with van der Waals surface area (Å²) in [6.07, 6.45) is 0. The first-order chi connectivity index (χ1) is 11.7. The highest BCUT2D eigenvalue weighted by Gasteiger charge is 2.22. The van der Waals surface area contributed by atoms with E-state index in [9.17, 15) is 4.79 Å². The monoisotopic (exact) mass is 332 g/mol. The van der Waals surface area contributed by atoms with E-state index in [0.29, 0.717) is 26.3 Å². The number of benzene rings is 1. The lowest BCUT2D eigenvalue weighted by molar-refractivity contribution is 0.0522. The number of amides is 2. The maximum absolute atomic E-state index is 12.2. The molecule has 0 radical (unpaired) electrons. The van der Waals surface area contributed by atoms with Crippen LogP contribution in [0, 0.1) is 0 Å². The second-order valence-electron chi connectivity index (χ2n) is 6.57. The Morgan fingerprint density at radius 1 is 1.08 bits per heavy atom. The highest BCUT2D eigenvalue weighted by Crippen LogP contribution is 2.15. The summed E-state index contributed by atoms with van der Waals surface area (Å²) >= 11 is 0. The average Bonchev–Trinajstić information content (AvgIpc) is 2.64. The molecule has 132 valence electrons. The van der Waals surface area contributed by atoms with Gasteiger partial charge in [-0.15, -0.1) is 0 Å². The van der Waals surface area contributed by atoms with Crippen molar-refractivity contribution in [3.8, 4) is 0 Å². The van der Waals surface area contributed by atoms with Gasteiger partial charge >= 0.3 is 6.03 Å². The van der Waals surface area contributed by atoms with Gasteiger partial charge in [0.05, 0.1) is 13.2 Å². The van der Waals surface area contributed by atoms with Crippen molar-refractivity contribution >= 4 is 11.7 Å². The van der Waals surface area contributed by atoms with Gasteiger partial charge in [0.2, 0.25) is 0 Å². The van der Waals surface area contributed by atoms with Gasteiger partial charge in [-0.05, 0) is 19.1 Å². The zero-order chi connectivity index (χ0) is 16.8. The summed E-state index contributed by atoms with van der Waals surface area (Å²) in [5, 5.41) is 3.12. The van der Waals surface area contributed by atoms with Crippen LogP contribution < -0.4 is 10.2 Å². The number of rotatable bonds is 4. The molecule has 0 aromatic heterocycles. The van der Waals surface area contributed by atoms with Crippen molar-refractivity contribution in [2.24, 2.45) is 0 Å². The number of carbonyl (C=O) groups excluding carboxylic acids is 1. The molecule has 24 heavy (non-hydrogen) atoms. The summed E-state index contributed by atoms with van der Waals surface area (Å²) in [6, 6.07) is 10.8. The molecule has 0 aliphatic carbocycles. The maximum atomic E-state index is 12.2. The van der Waals surface area contributed by atoms with Crippen LogP contribution in [0.1, 0.15) is 6.92 Å². The van der Waals surface area contributed by atoms with Crippen molar-refractivity contribution in [3.63, 3.8) is 0 Å². The number of ether oxygens (including phenoxy) is 1. The van der Waals surface area contributed by atoms with Gasteiger partial charge in [0, 0.05) is 57.5 Å². The van der Waals surface area contributed by atoms with E-state index < -0.39 is 0 Å². The van der Waals surface area contributed by atoms with Crippen LogP contribution in [0.5, 0.6) is 0 Å². The predicted octanol–water partition coefficient (Wildman–Crippen LogP) is 1.24. The average molecular weight is 332 g/mol. The molecule has 0 saturated carbocycles. The predicted molar refractivity (Wildman–Crippen MR) is 95.5 cm³/mol. The summed E-state index contributed by atoms with van der Waals surface area (Å²) in [5.41, 5.74) is 1.30. The number of hydrogen-bond donors (Lipinski definition) is 1. The SMILES string of the molecule is C[C@@H](CN1CCN(c2ccccc2)CC1)NC(=O)N1CCOCC1. The van der Waals surface area contributed by atoms with Crippen LogP contribution in [0.15, 0.2) is 30.3 Å². The number of urea groups is 1. The van der Waals surface area contributed by atoms with Crippen molar-refractivity contribution < 1.29 is 9.53 Å². The largest absolute Gasteiger partial charge is 0.378 e. The third kappa shape index (κ3) is 4.61. The molecule has 2 fully saturated rings. The van der Waals surface area contributed by atoms with Crippen LogP contribution in [0.25, 0.3) is 0 Å². The number of carbonyl (C=O) groups is 1. The van der Waals surface area contributed by atoms with Gasteiger partial charge in [0.15, 0.2) is 0 Å². The van der Waals surface area contributed by atoms with E-state index in [1.165, 1.54) is 5.69 Å². The third-order valence-corrected chi connectivity index (χ3v) is 4.69. The summed E-state index contributed by atoms with van der Waals surface area (Å²) < 4.78 is 5.29. The minimum atomic E-state index is 0.0359. The smallest absolute Gasteiger partial charge is 0.317 e. The molecule has 6 heteroatoms. The van der Waals surface area contributed by atoms with Crippen molar-refractivity contribution in [2.45, 2.75) is 13.0 Å². The number of morpholine rings is 1.